The van der Waals surface area contributed by atoms with Crippen LogP contribution in [0.5, 0.6) is 0 Å². The van der Waals surface area contributed by atoms with Crippen molar-refractivity contribution in [2.45, 2.75) is 32.1 Å². The lowest BCUT2D eigenvalue weighted by atomic mass is 10.1. The molecule has 0 atom stereocenters. The maximum absolute atomic E-state index is 10.9. The molecule has 0 amide bonds. The van der Waals surface area contributed by atoms with Crippen LogP contribution in [0.1, 0.15) is 32.1 Å². The zero-order chi connectivity index (χ0) is 8.10. The summed E-state index contributed by atoms with van der Waals surface area (Å²) in [6.07, 6.45) is 6.60. The Bertz CT molecular complexity index is 192. The van der Waals surface area contributed by atoms with Crippen LogP contribution in [0.25, 0.3) is 0 Å². The average molecular weight is 152 g/mol. The molecule has 0 aromatic carbocycles. The number of allylic oxidation sites excluding steroid dienone is 2. The van der Waals surface area contributed by atoms with Crippen molar-refractivity contribution in [3.05, 3.63) is 12.2 Å². The van der Waals surface area contributed by atoms with E-state index in [9.17, 15) is 9.59 Å². The number of hydrogen-bond acceptors (Lipinski definition) is 2. The molecular formula is C9H12O2. The van der Waals surface area contributed by atoms with Gasteiger partial charge in [-0.3, -0.25) is 9.59 Å². The van der Waals surface area contributed by atoms with E-state index >= 15 is 0 Å². The average Bonchev–Trinajstić information content (AvgIpc) is 2.04. The summed E-state index contributed by atoms with van der Waals surface area (Å²) in [7, 11) is 0. The third-order valence-electron chi connectivity index (χ3n) is 1.78. The minimum absolute atomic E-state index is 0.153. The number of ketones is 2. The van der Waals surface area contributed by atoms with Crippen molar-refractivity contribution >= 4 is 11.6 Å². The highest BCUT2D eigenvalue weighted by Gasteiger charge is 2.04. The minimum Gasteiger partial charge on any atom is -0.299 e. The van der Waals surface area contributed by atoms with E-state index in [0.717, 1.165) is 12.8 Å². The summed E-state index contributed by atoms with van der Waals surface area (Å²) < 4.78 is 0. The van der Waals surface area contributed by atoms with Crippen LogP contribution in [0.2, 0.25) is 0 Å². The summed E-state index contributed by atoms with van der Waals surface area (Å²) in [6, 6.07) is 0. The quantitative estimate of drug-likeness (QED) is 0.528. The fourth-order valence-corrected chi connectivity index (χ4v) is 1.13. The van der Waals surface area contributed by atoms with Gasteiger partial charge in [0, 0.05) is 19.3 Å². The molecule has 0 heterocycles. The van der Waals surface area contributed by atoms with Crippen molar-refractivity contribution in [2.24, 2.45) is 0 Å². The third kappa shape index (κ3) is 3.12. The van der Waals surface area contributed by atoms with Gasteiger partial charge in [0.15, 0.2) is 5.78 Å². The molecule has 1 aliphatic rings. The van der Waals surface area contributed by atoms with Gasteiger partial charge in [0.05, 0.1) is 0 Å². The monoisotopic (exact) mass is 152 g/mol. The number of carbonyl (C=O) groups is 2. The molecule has 0 spiro atoms. The van der Waals surface area contributed by atoms with Crippen molar-refractivity contribution in [2.75, 3.05) is 0 Å². The first-order valence-electron chi connectivity index (χ1n) is 4.00. The molecule has 0 aliphatic heterocycles. The highest BCUT2D eigenvalue weighted by molar-refractivity contribution is 5.91. The van der Waals surface area contributed by atoms with Gasteiger partial charge in [-0.2, -0.15) is 0 Å². The molecular weight excluding hydrogens is 140 g/mol. The van der Waals surface area contributed by atoms with Gasteiger partial charge in [-0.05, 0) is 18.9 Å². The van der Waals surface area contributed by atoms with Crippen LogP contribution >= 0.6 is 0 Å². The first-order valence-corrected chi connectivity index (χ1v) is 4.00. The van der Waals surface area contributed by atoms with Crippen LogP contribution < -0.4 is 0 Å². The smallest absolute Gasteiger partial charge is 0.155 e. The van der Waals surface area contributed by atoms with E-state index in [1.807, 2.05) is 0 Å². The molecule has 1 rings (SSSR count). The van der Waals surface area contributed by atoms with Crippen LogP contribution in [0, 0.1) is 0 Å². The van der Waals surface area contributed by atoms with Gasteiger partial charge in [0.25, 0.3) is 0 Å². The summed E-state index contributed by atoms with van der Waals surface area (Å²) in [5, 5.41) is 0. The fraction of sp³-hybridized carbons (Fsp3) is 0.556. The molecule has 2 nitrogen and oxygen atoms in total. The molecule has 0 unspecified atom stereocenters. The lowest BCUT2D eigenvalue weighted by Gasteiger charge is -1.93. The molecule has 0 aromatic heterocycles. The van der Waals surface area contributed by atoms with Crippen LogP contribution in [-0.4, -0.2) is 11.6 Å². The Kier molecular flexibility index (Phi) is 3.02. The Morgan fingerprint density at radius 3 is 2.64 bits per heavy atom. The maximum atomic E-state index is 10.9. The van der Waals surface area contributed by atoms with Crippen LogP contribution in [0.3, 0.4) is 0 Å². The van der Waals surface area contributed by atoms with Gasteiger partial charge < -0.3 is 0 Å². The second-order valence-electron chi connectivity index (χ2n) is 2.82. The van der Waals surface area contributed by atoms with E-state index in [-0.39, 0.29) is 11.6 Å². The molecule has 60 valence electrons. The van der Waals surface area contributed by atoms with Gasteiger partial charge in [0.2, 0.25) is 0 Å². The van der Waals surface area contributed by atoms with Crippen molar-refractivity contribution in [1.29, 1.82) is 0 Å². The topological polar surface area (TPSA) is 34.1 Å². The van der Waals surface area contributed by atoms with Gasteiger partial charge >= 0.3 is 0 Å². The first kappa shape index (κ1) is 8.18. The molecule has 0 N–H and O–H groups in total. The van der Waals surface area contributed by atoms with Crippen molar-refractivity contribution in [3.63, 3.8) is 0 Å². The Balaban J connectivity index is 2.50. The molecule has 0 saturated heterocycles. The minimum atomic E-state index is 0.153. The maximum Gasteiger partial charge on any atom is 0.155 e. The van der Waals surface area contributed by atoms with Crippen molar-refractivity contribution in [1.82, 2.24) is 0 Å². The molecule has 2 heteroatoms. The van der Waals surface area contributed by atoms with Gasteiger partial charge in [-0.25, -0.2) is 0 Å². The number of Topliss-reactive ketones (excluding diaryl/α,β-unsaturated/α-hetero) is 1. The largest absolute Gasteiger partial charge is 0.299 e. The van der Waals surface area contributed by atoms with Crippen molar-refractivity contribution in [3.8, 4) is 0 Å². The van der Waals surface area contributed by atoms with Gasteiger partial charge in [-0.15, -0.1) is 0 Å². The SMILES string of the molecule is O=C1/C=C\CC(=O)CCCC1. The Hall–Kier alpha value is -0.920. The zero-order valence-electron chi connectivity index (χ0n) is 6.51. The second kappa shape index (κ2) is 4.06. The number of carbonyl (C=O) groups excluding carboxylic acids is 2. The Morgan fingerprint density at radius 2 is 1.82 bits per heavy atom. The van der Waals surface area contributed by atoms with Crippen molar-refractivity contribution < 1.29 is 9.59 Å². The standard InChI is InChI=1S/C9H12O2/c10-8-4-1-2-5-9(11)7-3-6-8/h3,6H,1-2,4-5,7H2/b6-3-. The van der Waals surface area contributed by atoms with E-state index in [4.69, 9.17) is 0 Å². The summed E-state index contributed by atoms with van der Waals surface area (Å²) in [5.74, 6) is 0.399. The van der Waals surface area contributed by atoms with Crippen LogP contribution in [0.15, 0.2) is 12.2 Å². The fourth-order valence-electron chi connectivity index (χ4n) is 1.13. The summed E-state index contributed by atoms with van der Waals surface area (Å²) >= 11 is 0. The van der Waals surface area contributed by atoms with Crippen LogP contribution in [-0.2, 0) is 9.59 Å². The summed E-state index contributed by atoms with van der Waals surface area (Å²) in [4.78, 5) is 21.8. The third-order valence-corrected chi connectivity index (χ3v) is 1.78. The highest BCUT2D eigenvalue weighted by Crippen LogP contribution is 2.06. The molecule has 0 bridgehead atoms. The Morgan fingerprint density at radius 1 is 1.09 bits per heavy atom. The van der Waals surface area contributed by atoms with E-state index in [0.29, 0.717) is 19.3 Å². The van der Waals surface area contributed by atoms with E-state index in [1.165, 1.54) is 6.08 Å². The molecule has 0 fully saturated rings. The molecule has 0 radical (unpaired) electrons. The van der Waals surface area contributed by atoms with E-state index in [1.54, 1.807) is 6.08 Å². The summed E-state index contributed by atoms with van der Waals surface area (Å²) in [5.41, 5.74) is 0. The second-order valence-corrected chi connectivity index (χ2v) is 2.82. The summed E-state index contributed by atoms with van der Waals surface area (Å²) in [6.45, 7) is 0. The van der Waals surface area contributed by atoms with Gasteiger partial charge in [0.1, 0.15) is 5.78 Å². The Labute approximate surface area is 66.3 Å². The zero-order valence-corrected chi connectivity index (χ0v) is 6.51. The lowest BCUT2D eigenvalue weighted by molar-refractivity contribution is -0.118. The molecule has 0 saturated carbocycles. The predicted molar refractivity (Wildman–Crippen MR) is 42.2 cm³/mol. The predicted octanol–water partition coefficient (Wildman–Crippen LogP) is 1.64. The normalized spacial score (nSPS) is 23.6. The highest BCUT2D eigenvalue weighted by atomic mass is 16.1. The number of rotatable bonds is 0. The molecule has 1 aliphatic carbocycles. The molecule has 11 heavy (non-hydrogen) atoms. The number of hydrogen-bond donors (Lipinski definition) is 0. The van der Waals surface area contributed by atoms with E-state index in [2.05, 4.69) is 0 Å². The molecule has 0 aromatic rings. The lowest BCUT2D eigenvalue weighted by Crippen LogP contribution is -1.93. The van der Waals surface area contributed by atoms with E-state index < -0.39 is 0 Å². The van der Waals surface area contributed by atoms with Crippen LogP contribution in [0.4, 0.5) is 0 Å². The van der Waals surface area contributed by atoms with Gasteiger partial charge in [-0.1, -0.05) is 6.08 Å². The first-order chi connectivity index (χ1) is 5.29.